The van der Waals surface area contributed by atoms with Crippen LogP contribution in [0.2, 0.25) is 5.02 Å². The molecule has 152 valence electrons. The number of fused-ring (bicyclic) bond motifs is 1. The van der Waals surface area contributed by atoms with Gasteiger partial charge >= 0.3 is 0 Å². The highest BCUT2D eigenvalue weighted by atomic mass is 35.5. The smallest absolute Gasteiger partial charge is 0.268 e. The third-order valence-electron chi connectivity index (χ3n) is 5.49. The topological polar surface area (TPSA) is 88.5 Å². The van der Waals surface area contributed by atoms with E-state index in [1.54, 1.807) is 29.8 Å². The number of aromatic nitrogens is 3. The number of methoxy groups -OCH3 is 1. The molecule has 8 heteroatoms. The maximum Gasteiger partial charge on any atom is 0.268 e. The van der Waals surface area contributed by atoms with E-state index in [2.05, 4.69) is 15.3 Å². The van der Waals surface area contributed by atoms with E-state index in [0.717, 1.165) is 24.1 Å². The van der Waals surface area contributed by atoms with Crippen LogP contribution in [0.1, 0.15) is 59.0 Å². The first-order chi connectivity index (χ1) is 14.0. The van der Waals surface area contributed by atoms with Gasteiger partial charge in [0.1, 0.15) is 17.8 Å². The second-order valence-corrected chi connectivity index (χ2v) is 7.87. The first-order valence-corrected chi connectivity index (χ1v) is 10.1. The Balaban J connectivity index is 1.63. The lowest BCUT2D eigenvalue weighted by Crippen LogP contribution is -2.28. The van der Waals surface area contributed by atoms with Crippen LogP contribution in [0.25, 0.3) is 5.52 Å². The van der Waals surface area contributed by atoms with Crippen LogP contribution in [0.3, 0.4) is 0 Å². The molecule has 2 N–H and O–H groups in total. The number of amides is 1. The Kier molecular flexibility index (Phi) is 5.32. The summed E-state index contributed by atoms with van der Waals surface area (Å²) in [6.07, 6.45) is 6.29. The van der Waals surface area contributed by atoms with Crippen LogP contribution in [0, 0.1) is 6.92 Å². The molecule has 0 spiro atoms. The monoisotopic (exact) mass is 414 g/mol. The first kappa shape index (κ1) is 19.5. The lowest BCUT2D eigenvalue weighted by Gasteiger charge is -2.12. The van der Waals surface area contributed by atoms with Crippen molar-refractivity contribution in [2.24, 2.45) is 0 Å². The molecule has 0 aromatic carbocycles. The number of halogens is 1. The molecule has 1 amide bonds. The summed E-state index contributed by atoms with van der Waals surface area (Å²) in [5, 5.41) is 3.28. The van der Waals surface area contributed by atoms with Crippen LogP contribution in [0.4, 0.5) is 0 Å². The van der Waals surface area contributed by atoms with Gasteiger partial charge in [-0.15, -0.1) is 0 Å². The molecule has 3 aromatic rings. The molecule has 4 rings (SSSR count). The minimum Gasteiger partial charge on any atom is -0.496 e. The van der Waals surface area contributed by atoms with Crippen LogP contribution in [0.15, 0.2) is 29.3 Å². The summed E-state index contributed by atoms with van der Waals surface area (Å²) in [6, 6.07) is 5.19. The van der Waals surface area contributed by atoms with Gasteiger partial charge in [-0.05, 0) is 38.0 Å². The Morgan fingerprint density at radius 1 is 1.34 bits per heavy atom. The largest absolute Gasteiger partial charge is 0.496 e. The van der Waals surface area contributed by atoms with Gasteiger partial charge in [-0.2, -0.15) is 0 Å². The van der Waals surface area contributed by atoms with Crippen molar-refractivity contribution in [3.63, 3.8) is 0 Å². The number of rotatable bonds is 5. The average molecular weight is 415 g/mol. The van der Waals surface area contributed by atoms with Crippen LogP contribution >= 0.6 is 11.6 Å². The van der Waals surface area contributed by atoms with Gasteiger partial charge in [-0.3, -0.25) is 14.0 Å². The quantitative estimate of drug-likeness (QED) is 0.667. The predicted molar refractivity (Wildman–Crippen MR) is 111 cm³/mol. The zero-order chi connectivity index (χ0) is 20.5. The molecule has 0 radical (unpaired) electrons. The van der Waals surface area contributed by atoms with Crippen molar-refractivity contribution in [1.82, 2.24) is 19.7 Å². The van der Waals surface area contributed by atoms with Gasteiger partial charge < -0.3 is 15.0 Å². The van der Waals surface area contributed by atoms with Crippen molar-refractivity contribution in [2.75, 3.05) is 7.11 Å². The van der Waals surface area contributed by atoms with Gasteiger partial charge in [0.15, 0.2) is 0 Å². The molecule has 3 aromatic heterocycles. The van der Waals surface area contributed by atoms with Gasteiger partial charge in [0.25, 0.3) is 11.5 Å². The summed E-state index contributed by atoms with van der Waals surface area (Å²) in [5.74, 6) is 0.508. The van der Waals surface area contributed by atoms with Crippen molar-refractivity contribution in [3.8, 4) is 5.75 Å². The van der Waals surface area contributed by atoms with Crippen molar-refractivity contribution < 1.29 is 9.53 Å². The maximum absolute atomic E-state index is 12.9. The van der Waals surface area contributed by atoms with Crippen molar-refractivity contribution in [2.45, 2.75) is 45.1 Å². The van der Waals surface area contributed by atoms with E-state index in [1.165, 1.54) is 20.0 Å². The molecule has 0 aliphatic heterocycles. The Bertz CT molecular complexity index is 1130. The van der Waals surface area contributed by atoms with E-state index in [-0.39, 0.29) is 18.0 Å². The first-order valence-electron chi connectivity index (χ1n) is 9.69. The fourth-order valence-electron chi connectivity index (χ4n) is 4.06. The number of imidazole rings is 1. The van der Waals surface area contributed by atoms with Crippen LogP contribution < -0.4 is 15.6 Å². The molecular weight excluding hydrogens is 392 g/mol. The Hall–Kier alpha value is -2.80. The third-order valence-corrected chi connectivity index (χ3v) is 5.71. The molecular formula is C21H23ClN4O3. The second-order valence-electron chi connectivity index (χ2n) is 7.44. The number of ether oxygens (including phenoxy) is 1. The van der Waals surface area contributed by atoms with E-state index in [0.29, 0.717) is 33.6 Å². The molecule has 3 heterocycles. The summed E-state index contributed by atoms with van der Waals surface area (Å²) in [5.41, 5.74) is 3.01. The summed E-state index contributed by atoms with van der Waals surface area (Å²) in [7, 11) is 1.50. The lowest BCUT2D eigenvalue weighted by molar-refractivity contribution is 0.0944. The summed E-state index contributed by atoms with van der Waals surface area (Å²) in [4.78, 5) is 32.5. The molecule has 1 aliphatic rings. The number of nitrogens with zero attached hydrogens (tertiary/aromatic N) is 2. The number of nitrogens with one attached hydrogen (secondary N) is 2. The minimum absolute atomic E-state index is 0.0375. The van der Waals surface area contributed by atoms with Gasteiger partial charge in [-0.1, -0.05) is 24.4 Å². The number of aromatic amines is 1. The van der Waals surface area contributed by atoms with E-state index < -0.39 is 0 Å². The standard InChI is InChI=1S/C21H23ClN4O3/c1-12-7-18(29-2)15(20(27)25-12)10-23-21(28)17-9-14(22)8-16-19(24-11-26(16)17)13-5-3-4-6-13/h7-9,11,13H,3-6,10H2,1-2H3,(H,23,28)(H,25,27). The Morgan fingerprint density at radius 3 is 2.83 bits per heavy atom. The van der Waals surface area contributed by atoms with Crippen LogP contribution in [0.5, 0.6) is 5.75 Å². The molecule has 1 saturated carbocycles. The number of carbonyl (C=O) groups is 1. The van der Waals surface area contributed by atoms with Crippen LogP contribution in [-0.4, -0.2) is 27.4 Å². The highest BCUT2D eigenvalue weighted by Gasteiger charge is 2.23. The zero-order valence-electron chi connectivity index (χ0n) is 16.4. The van der Waals surface area contributed by atoms with Crippen molar-refractivity contribution in [1.29, 1.82) is 0 Å². The summed E-state index contributed by atoms with van der Waals surface area (Å²) in [6.45, 7) is 1.81. The van der Waals surface area contributed by atoms with Crippen LogP contribution in [-0.2, 0) is 6.54 Å². The Labute approximate surface area is 173 Å². The SMILES string of the molecule is COc1cc(C)[nH]c(=O)c1CNC(=O)c1cc(Cl)cc2c(C3CCCC3)ncn12. The molecule has 0 saturated heterocycles. The van der Waals surface area contributed by atoms with Crippen molar-refractivity contribution in [3.05, 3.63) is 62.5 Å². The molecule has 0 unspecified atom stereocenters. The fourth-order valence-corrected chi connectivity index (χ4v) is 4.27. The second kappa shape index (κ2) is 7.91. The van der Waals surface area contributed by atoms with Gasteiger partial charge in [-0.25, -0.2) is 4.98 Å². The fraction of sp³-hybridized carbons (Fsp3) is 0.381. The minimum atomic E-state index is -0.338. The van der Waals surface area contributed by atoms with E-state index >= 15 is 0 Å². The number of aryl methyl sites for hydroxylation is 1. The number of pyridine rings is 2. The molecule has 1 aliphatic carbocycles. The van der Waals surface area contributed by atoms with Crippen molar-refractivity contribution >= 4 is 23.0 Å². The Morgan fingerprint density at radius 2 is 2.10 bits per heavy atom. The average Bonchev–Trinajstić information content (AvgIpc) is 3.35. The zero-order valence-corrected chi connectivity index (χ0v) is 17.2. The maximum atomic E-state index is 12.9. The highest BCUT2D eigenvalue weighted by Crippen LogP contribution is 2.36. The normalized spacial score (nSPS) is 14.4. The third kappa shape index (κ3) is 3.74. The predicted octanol–water partition coefficient (Wildman–Crippen LogP) is 3.58. The lowest BCUT2D eigenvalue weighted by atomic mass is 10.0. The highest BCUT2D eigenvalue weighted by molar-refractivity contribution is 6.31. The number of hydrogen-bond donors (Lipinski definition) is 2. The molecule has 7 nitrogen and oxygen atoms in total. The summed E-state index contributed by atoms with van der Waals surface area (Å²) < 4.78 is 7.06. The summed E-state index contributed by atoms with van der Waals surface area (Å²) >= 11 is 6.31. The van der Waals surface area contributed by atoms with E-state index in [4.69, 9.17) is 16.3 Å². The number of hydrogen-bond acceptors (Lipinski definition) is 4. The van der Waals surface area contributed by atoms with Gasteiger partial charge in [0, 0.05) is 16.6 Å². The number of H-pyrrole nitrogens is 1. The molecule has 0 atom stereocenters. The molecule has 1 fully saturated rings. The van der Waals surface area contributed by atoms with E-state index in [9.17, 15) is 9.59 Å². The van der Waals surface area contributed by atoms with E-state index in [1.807, 2.05) is 6.07 Å². The number of carbonyl (C=O) groups excluding carboxylic acids is 1. The molecule has 0 bridgehead atoms. The van der Waals surface area contributed by atoms with Gasteiger partial charge in [0.2, 0.25) is 0 Å². The van der Waals surface area contributed by atoms with Gasteiger partial charge in [0.05, 0.1) is 30.4 Å². The molecule has 29 heavy (non-hydrogen) atoms.